The van der Waals surface area contributed by atoms with Gasteiger partial charge in [-0.15, -0.1) is 0 Å². The van der Waals surface area contributed by atoms with Crippen molar-refractivity contribution in [3.63, 3.8) is 0 Å². The molecular formula is C22H24N2O4S. The molecule has 1 amide bonds. The van der Waals surface area contributed by atoms with Crippen molar-refractivity contribution in [2.45, 2.75) is 40.3 Å². The van der Waals surface area contributed by atoms with Crippen molar-refractivity contribution in [1.82, 2.24) is 4.57 Å². The monoisotopic (exact) mass is 412 g/mol. The van der Waals surface area contributed by atoms with Crippen LogP contribution < -0.4 is 9.54 Å². The third-order valence-electron chi connectivity index (χ3n) is 4.48. The Labute approximate surface area is 173 Å². The molecule has 0 N–H and O–H groups in total. The van der Waals surface area contributed by atoms with Crippen LogP contribution in [0.3, 0.4) is 0 Å². The lowest BCUT2D eigenvalue weighted by atomic mass is 10.1. The number of hydrogen-bond donors (Lipinski definition) is 0. The second-order valence-electron chi connectivity index (χ2n) is 7.06. The summed E-state index contributed by atoms with van der Waals surface area (Å²) in [5.74, 6) is -0.0724. The fourth-order valence-electron chi connectivity index (χ4n) is 2.85. The maximum absolute atomic E-state index is 12.7. The molecule has 3 aromatic rings. The molecule has 0 spiro atoms. The Morgan fingerprint density at radius 2 is 1.76 bits per heavy atom. The largest absolute Gasteiger partial charge is 0.491 e. The summed E-state index contributed by atoms with van der Waals surface area (Å²) in [5, 5.41) is 0. The van der Waals surface area contributed by atoms with Gasteiger partial charge in [0.15, 0.2) is 4.80 Å². The van der Waals surface area contributed by atoms with Crippen molar-refractivity contribution in [1.29, 1.82) is 0 Å². The summed E-state index contributed by atoms with van der Waals surface area (Å²) in [7, 11) is 1.34. The minimum atomic E-state index is -0.396. The highest BCUT2D eigenvalue weighted by Crippen LogP contribution is 2.22. The Bertz CT molecular complexity index is 1120. The molecule has 1 heterocycles. The molecule has 0 aliphatic rings. The second kappa shape index (κ2) is 8.61. The number of aryl methyl sites for hydroxylation is 2. The Hall–Kier alpha value is -2.93. The number of carbonyl (C=O) groups is 2. The van der Waals surface area contributed by atoms with Gasteiger partial charge in [-0.1, -0.05) is 11.3 Å². The molecule has 0 radical (unpaired) electrons. The van der Waals surface area contributed by atoms with Crippen molar-refractivity contribution in [3.05, 3.63) is 57.9 Å². The van der Waals surface area contributed by atoms with E-state index in [0.717, 1.165) is 21.3 Å². The topological polar surface area (TPSA) is 69.9 Å². The Morgan fingerprint density at radius 1 is 1.10 bits per heavy atom. The lowest BCUT2D eigenvalue weighted by Crippen LogP contribution is -2.22. The molecule has 2 aromatic carbocycles. The lowest BCUT2D eigenvalue weighted by molar-refractivity contribution is -0.141. The molecule has 1 aromatic heterocycles. The van der Waals surface area contributed by atoms with E-state index in [1.165, 1.54) is 18.4 Å². The summed E-state index contributed by atoms with van der Waals surface area (Å²) in [6, 6.07) is 10.9. The van der Waals surface area contributed by atoms with E-state index in [1.807, 2.05) is 39.8 Å². The van der Waals surface area contributed by atoms with E-state index >= 15 is 0 Å². The van der Waals surface area contributed by atoms with Crippen LogP contribution in [0.15, 0.2) is 41.4 Å². The van der Waals surface area contributed by atoms with Crippen LogP contribution >= 0.6 is 11.3 Å². The molecule has 0 atom stereocenters. The molecule has 6 nitrogen and oxygen atoms in total. The zero-order chi connectivity index (χ0) is 21.1. The van der Waals surface area contributed by atoms with Gasteiger partial charge >= 0.3 is 5.97 Å². The van der Waals surface area contributed by atoms with Crippen molar-refractivity contribution >= 4 is 33.4 Å². The number of amides is 1. The quantitative estimate of drug-likeness (QED) is 0.594. The predicted molar refractivity (Wildman–Crippen MR) is 113 cm³/mol. The maximum atomic E-state index is 12.7. The summed E-state index contributed by atoms with van der Waals surface area (Å²) in [5.41, 5.74) is 3.56. The van der Waals surface area contributed by atoms with Gasteiger partial charge in [-0.05, 0) is 75.2 Å². The van der Waals surface area contributed by atoms with Crippen LogP contribution in [0.25, 0.3) is 10.2 Å². The normalized spacial score (nSPS) is 11.9. The van der Waals surface area contributed by atoms with E-state index < -0.39 is 5.97 Å². The van der Waals surface area contributed by atoms with Crippen LogP contribution in [-0.2, 0) is 16.1 Å². The van der Waals surface area contributed by atoms with Gasteiger partial charge in [-0.3, -0.25) is 9.59 Å². The Kier molecular flexibility index (Phi) is 6.17. The van der Waals surface area contributed by atoms with Crippen LogP contribution in [-0.4, -0.2) is 29.7 Å². The number of nitrogens with zero attached hydrogens (tertiary/aromatic N) is 2. The van der Waals surface area contributed by atoms with E-state index in [0.29, 0.717) is 16.1 Å². The van der Waals surface area contributed by atoms with Gasteiger partial charge < -0.3 is 14.0 Å². The first kappa shape index (κ1) is 20.8. The molecule has 0 fully saturated rings. The third kappa shape index (κ3) is 4.74. The number of thiazole rings is 1. The van der Waals surface area contributed by atoms with Gasteiger partial charge in [0.25, 0.3) is 5.91 Å². The predicted octanol–water partition coefficient (Wildman–Crippen LogP) is 4.02. The van der Waals surface area contributed by atoms with Crippen LogP contribution in [0.4, 0.5) is 0 Å². The first-order valence-electron chi connectivity index (χ1n) is 9.31. The molecule has 7 heteroatoms. The van der Waals surface area contributed by atoms with Crippen LogP contribution in [0.5, 0.6) is 5.75 Å². The average Bonchev–Trinajstić information content (AvgIpc) is 2.98. The molecular weight excluding hydrogens is 388 g/mol. The third-order valence-corrected chi connectivity index (χ3v) is 5.52. The minimum absolute atomic E-state index is 0.00766. The molecule has 0 saturated carbocycles. The van der Waals surface area contributed by atoms with Crippen LogP contribution in [0.1, 0.15) is 35.3 Å². The second-order valence-corrected chi connectivity index (χ2v) is 8.07. The van der Waals surface area contributed by atoms with Crippen LogP contribution in [0.2, 0.25) is 0 Å². The van der Waals surface area contributed by atoms with E-state index in [1.54, 1.807) is 28.8 Å². The highest BCUT2D eigenvalue weighted by atomic mass is 32.1. The Morgan fingerprint density at radius 3 is 2.38 bits per heavy atom. The fourth-order valence-corrected chi connectivity index (χ4v) is 3.96. The van der Waals surface area contributed by atoms with E-state index in [4.69, 9.17) is 9.47 Å². The number of fused-ring (bicyclic) bond motifs is 1. The van der Waals surface area contributed by atoms with Crippen LogP contribution in [0, 0.1) is 13.8 Å². The average molecular weight is 413 g/mol. The van der Waals surface area contributed by atoms with Gasteiger partial charge in [0.1, 0.15) is 12.3 Å². The number of esters is 1. The molecule has 29 heavy (non-hydrogen) atoms. The molecule has 0 bridgehead atoms. The first-order valence-corrected chi connectivity index (χ1v) is 10.1. The number of methoxy groups -OCH3 is 1. The number of carbonyl (C=O) groups excluding carboxylic acids is 2. The van der Waals surface area contributed by atoms with E-state index in [9.17, 15) is 9.59 Å². The number of ether oxygens (including phenoxy) is 2. The minimum Gasteiger partial charge on any atom is -0.491 e. The maximum Gasteiger partial charge on any atom is 0.325 e. The number of benzene rings is 2. The highest BCUT2D eigenvalue weighted by Gasteiger charge is 2.14. The lowest BCUT2D eigenvalue weighted by Gasteiger charge is -2.09. The summed E-state index contributed by atoms with van der Waals surface area (Å²) in [4.78, 5) is 29.4. The van der Waals surface area contributed by atoms with Crippen molar-refractivity contribution < 1.29 is 19.1 Å². The van der Waals surface area contributed by atoms with Gasteiger partial charge in [0, 0.05) is 5.56 Å². The van der Waals surface area contributed by atoms with Gasteiger partial charge in [-0.2, -0.15) is 4.99 Å². The summed E-state index contributed by atoms with van der Waals surface area (Å²) in [6.07, 6.45) is 0.0592. The van der Waals surface area contributed by atoms with Gasteiger partial charge in [0.05, 0.1) is 23.4 Å². The number of hydrogen-bond acceptors (Lipinski definition) is 5. The molecule has 0 saturated heterocycles. The smallest absolute Gasteiger partial charge is 0.325 e. The zero-order valence-electron chi connectivity index (χ0n) is 17.2. The zero-order valence-corrected chi connectivity index (χ0v) is 18.0. The summed E-state index contributed by atoms with van der Waals surface area (Å²) in [6.45, 7) is 7.92. The van der Waals surface area contributed by atoms with E-state index in [-0.39, 0.29) is 18.6 Å². The molecule has 152 valence electrons. The molecule has 0 aliphatic carbocycles. The highest BCUT2D eigenvalue weighted by molar-refractivity contribution is 7.16. The molecule has 0 unspecified atom stereocenters. The SMILES string of the molecule is COC(=O)Cn1c(=NC(=O)c2ccc(OC(C)C)cc2)sc2cc(C)c(C)cc21. The first-order chi connectivity index (χ1) is 13.8. The molecule has 3 rings (SSSR count). The molecule has 0 aliphatic heterocycles. The van der Waals surface area contributed by atoms with E-state index in [2.05, 4.69) is 4.99 Å². The summed E-state index contributed by atoms with van der Waals surface area (Å²) >= 11 is 1.38. The van der Waals surface area contributed by atoms with Gasteiger partial charge in [0.2, 0.25) is 0 Å². The standard InChI is InChI=1S/C22H24N2O4S/c1-13(2)28-17-8-6-16(7-9-17)21(26)23-22-24(12-20(25)27-5)18-10-14(3)15(4)11-19(18)29-22/h6-11,13H,12H2,1-5H3. The van der Waals surface area contributed by atoms with Crippen molar-refractivity contribution in [2.24, 2.45) is 4.99 Å². The van der Waals surface area contributed by atoms with Crippen molar-refractivity contribution in [2.75, 3.05) is 7.11 Å². The fraction of sp³-hybridized carbons (Fsp3) is 0.318. The summed E-state index contributed by atoms with van der Waals surface area (Å²) < 4.78 is 13.1. The Balaban J connectivity index is 2.04. The number of aromatic nitrogens is 1. The number of rotatable bonds is 5. The van der Waals surface area contributed by atoms with Gasteiger partial charge in [-0.25, -0.2) is 0 Å². The van der Waals surface area contributed by atoms with Crippen molar-refractivity contribution in [3.8, 4) is 5.75 Å².